The molecule has 0 aliphatic rings. The molecule has 5 aromatic rings. The average Bonchev–Trinajstić information content (AvgIpc) is 3.24. The van der Waals surface area contributed by atoms with Crippen molar-refractivity contribution in [3.05, 3.63) is 113 Å². The van der Waals surface area contributed by atoms with Gasteiger partial charge >= 0.3 is 0 Å². The standard InChI is InChI=1S/C25H17N3O2/c29-28(30)22-13-11-19(12-14-22)24-17-23-15-21(18-7-3-1-4-8-18)16-25(27(23)26-24)20-9-5-2-6-10-20/h1-17H. The normalized spacial score (nSPS) is 10.9. The number of nitro groups is 1. The summed E-state index contributed by atoms with van der Waals surface area (Å²) in [5.74, 6) is 0. The Bertz CT molecular complexity index is 1340. The van der Waals surface area contributed by atoms with Crippen molar-refractivity contribution in [2.45, 2.75) is 0 Å². The maximum atomic E-state index is 10.9. The van der Waals surface area contributed by atoms with Crippen LogP contribution in [0.25, 0.3) is 39.2 Å². The van der Waals surface area contributed by atoms with Crippen molar-refractivity contribution in [1.29, 1.82) is 0 Å². The zero-order valence-electron chi connectivity index (χ0n) is 16.0. The lowest BCUT2D eigenvalue weighted by Crippen LogP contribution is -1.95. The molecule has 144 valence electrons. The molecule has 5 nitrogen and oxygen atoms in total. The van der Waals surface area contributed by atoms with Crippen molar-refractivity contribution in [3.63, 3.8) is 0 Å². The molecule has 2 heterocycles. The van der Waals surface area contributed by atoms with Gasteiger partial charge in [-0.05, 0) is 41.5 Å². The van der Waals surface area contributed by atoms with Gasteiger partial charge in [0.25, 0.3) is 5.69 Å². The van der Waals surface area contributed by atoms with Gasteiger partial charge in [-0.1, -0.05) is 60.7 Å². The third-order valence-electron chi connectivity index (χ3n) is 5.11. The van der Waals surface area contributed by atoms with Crippen molar-refractivity contribution in [1.82, 2.24) is 9.61 Å². The fourth-order valence-electron chi connectivity index (χ4n) is 3.61. The molecule has 0 aliphatic carbocycles. The van der Waals surface area contributed by atoms with Gasteiger partial charge in [-0.2, -0.15) is 5.10 Å². The van der Waals surface area contributed by atoms with Gasteiger partial charge in [0.1, 0.15) is 0 Å². The molecular weight excluding hydrogens is 374 g/mol. The maximum absolute atomic E-state index is 10.9. The third kappa shape index (κ3) is 3.22. The molecule has 0 spiro atoms. The highest BCUT2D eigenvalue weighted by Crippen LogP contribution is 2.31. The fraction of sp³-hybridized carbons (Fsp3) is 0. The lowest BCUT2D eigenvalue weighted by molar-refractivity contribution is -0.384. The first-order chi connectivity index (χ1) is 14.7. The molecule has 2 aromatic heterocycles. The summed E-state index contributed by atoms with van der Waals surface area (Å²) in [5.41, 5.74) is 6.94. The zero-order valence-corrected chi connectivity index (χ0v) is 16.0. The first-order valence-electron chi connectivity index (χ1n) is 9.58. The highest BCUT2D eigenvalue weighted by molar-refractivity contribution is 5.79. The van der Waals surface area contributed by atoms with E-state index < -0.39 is 4.92 Å². The van der Waals surface area contributed by atoms with Crippen molar-refractivity contribution in [2.24, 2.45) is 0 Å². The van der Waals surface area contributed by atoms with Crippen LogP contribution in [0.1, 0.15) is 0 Å². The molecule has 5 heteroatoms. The van der Waals surface area contributed by atoms with Crippen molar-refractivity contribution in [2.75, 3.05) is 0 Å². The van der Waals surface area contributed by atoms with Crippen LogP contribution in [0.2, 0.25) is 0 Å². The summed E-state index contributed by atoms with van der Waals surface area (Å²) in [4.78, 5) is 10.6. The number of hydrogen-bond acceptors (Lipinski definition) is 3. The molecule has 0 aliphatic heterocycles. The van der Waals surface area contributed by atoms with Crippen LogP contribution in [-0.2, 0) is 0 Å². The topological polar surface area (TPSA) is 60.4 Å². The van der Waals surface area contributed by atoms with Gasteiger partial charge in [0.05, 0.1) is 21.8 Å². The number of aromatic nitrogens is 2. The molecule has 5 rings (SSSR count). The Hall–Kier alpha value is -4.25. The average molecular weight is 391 g/mol. The molecule has 0 saturated carbocycles. The SMILES string of the molecule is O=[N+]([O-])c1ccc(-c2cc3cc(-c4ccccc4)cc(-c4ccccc4)n3n2)cc1. The predicted molar refractivity (Wildman–Crippen MR) is 118 cm³/mol. The Morgan fingerprint density at radius 2 is 1.30 bits per heavy atom. The second kappa shape index (κ2) is 7.29. The van der Waals surface area contributed by atoms with Gasteiger partial charge in [-0.3, -0.25) is 10.1 Å². The van der Waals surface area contributed by atoms with E-state index in [1.807, 2.05) is 47.0 Å². The van der Waals surface area contributed by atoms with Crippen molar-refractivity contribution >= 4 is 11.2 Å². The van der Waals surface area contributed by atoms with Crippen LogP contribution in [0, 0.1) is 10.1 Å². The number of non-ortho nitro benzene ring substituents is 1. The van der Waals surface area contributed by atoms with E-state index in [1.54, 1.807) is 12.1 Å². The minimum atomic E-state index is -0.396. The van der Waals surface area contributed by atoms with Crippen LogP contribution in [-0.4, -0.2) is 14.5 Å². The van der Waals surface area contributed by atoms with E-state index >= 15 is 0 Å². The summed E-state index contributed by atoms with van der Waals surface area (Å²) >= 11 is 0. The second-order valence-corrected chi connectivity index (χ2v) is 7.03. The number of pyridine rings is 1. The summed E-state index contributed by atoms with van der Waals surface area (Å²) in [5, 5.41) is 15.8. The predicted octanol–water partition coefficient (Wildman–Crippen LogP) is 6.24. The maximum Gasteiger partial charge on any atom is 0.269 e. The number of fused-ring (bicyclic) bond motifs is 1. The lowest BCUT2D eigenvalue weighted by atomic mass is 10.0. The molecular formula is C25H17N3O2. The Kier molecular flexibility index (Phi) is 4.33. The monoisotopic (exact) mass is 391 g/mol. The van der Waals surface area contributed by atoms with Crippen molar-refractivity contribution < 1.29 is 4.92 Å². The Morgan fingerprint density at radius 3 is 1.93 bits per heavy atom. The summed E-state index contributed by atoms with van der Waals surface area (Å²) in [6.45, 7) is 0. The van der Waals surface area contributed by atoms with Crippen LogP contribution in [0.4, 0.5) is 5.69 Å². The summed E-state index contributed by atoms with van der Waals surface area (Å²) in [6.07, 6.45) is 0. The van der Waals surface area contributed by atoms with Gasteiger partial charge in [0, 0.05) is 23.3 Å². The van der Waals surface area contributed by atoms with Crippen LogP contribution in [0.5, 0.6) is 0 Å². The molecule has 0 fully saturated rings. The van der Waals surface area contributed by atoms with E-state index in [2.05, 4.69) is 36.4 Å². The first kappa shape index (κ1) is 17.8. The quantitative estimate of drug-likeness (QED) is 0.269. The van der Waals surface area contributed by atoms with E-state index in [9.17, 15) is 10.1 Å². The van der Waals surface area contributed by atoms with Crippen LogP contribution in [0.15, 0.2) is 103 Å². The molecule has 0 N–H and O–H groups in total. The molecule has 0 amide bonds. The van der Waals surface area contributed by atoms with Crippen molar-refractivity contribution in [3.8, 4) is 33.6 Å². The molecule has 0 radical (unpaired) electrons. The minimum absolute atomic E-state index is 0.0684. The Labute approximate surface area is 173 Å². The minimum Gasteiger partial charge on any atom is -0.258 e. The van der Waals surface area contributed by atoms with Gasteiger partial charge in [-0.15, -0.1) is 0 Å². The lowest BCUT2D eigenvalue weighted by Gasteiger charge is -2.09. The smallest absolute Gasteiger partial charge is 0.258 e. The van der Waals surface area contributed by atoms with E-state index in [0.29, 0.717) is 0 Å². The first-order valence-corrected chi connectivity index (χ1v) is 9.58. The van der Waals surface area contributed by atoms with Gasteiger partial charge in [0.15, 0.2) is 0 Å². The molecule has 0 saturated heterocycles. The van der Waals surface area contributed by atoms with E-state index in [0.717, 1.165) is 39.2 Å². The van der Waals surface area contributed by atoms with E-state index in [-0.39, 0.29) is 5.69 Å². The van der Waals surface area contributed by atoms with Gasteiger partial charge < -0.3 is 0 Å². The fourth-order valence-corrected chi connectivity index (χ4v) is 3.61. The number of hydrogen-bond donors (Lipinski definition) is 0. The number of benzene rings is 3. The summed E-state index contributed by atoms with van der Waals surface area (Å²) in [7, 11) is 0. The second-order valence-electron chi connectivity index (χ2n) is 7.03. The highest BCUT2D eigenvalue weighted by atomic mass is 16.6. The van der Waals surface area contributed by atoms with Crippen LogP contribution >= 0.6 is 0 Å². The van der Waals surface area contributed by atoms with Crippen LogP contribution in [0.3, 0.4) is 0 Å². The van der Waals surface area contributed by atoms with Crippen LogP contribution < -0.4 is 0 Å². The number of nitro benzene ring substituents is 1. The van der Waals surface area contributed by atoms with Gasteiger partial charge in [0.2, 0.25) is 0 Å². The Morgan fingerprint density at radius 1 is 0.667 bits per heavy atom. The number of rotatable bonds is 4. The Balaban J connectivity index is 1.70. The van der Waals surface area contributed by atoms with Gasteiger partial charge in [-0.25, -0.2) is 4.52 Å². The summed E-state index contributed by atoms with van der Waals surface area (Å²) < 4.78 is 1.93. The largest absolute Gasteiger partial charge is 0.269 e. The molecule has 0 unspecified atom stereocenters. The molecule has 0 atom stereocenters. The zero-order chi connectivity index (χ0) is 20.5. The van der Waals surface area contributed by atoms with E-state index in [1.165, 1.54) is 12.1 Å². The molecule has 0 bridgehead atoms. The van der Waals surface area contributed by atoms with E-state index in [4.69, 9.17) is 5.10 Å². The molecule has 3 aromatic carbocycles. The molecule has 30 heavy (non-hydrogen) atoms. The highest BCUT2D eigenvalue weighted by Gasteiger charge is 2.13. The third-order valence-corrected chi connectivity index (χ3v) is 5.11. The summed E-state index contributed by atoms with van der Waals surface area (Å²) in [6, 6.07) is 33.2. The number of nitrogens with zero attached hydrogens (tertiary/aromatic N) is 3.